The molecule has 1 aromatic heterocycles. The van der Waals surface area contributed by atoms with Gasteiger partial charge in [-0.15, -0.1) is 0 Å². The van der Waals surface area contributed by atoms with Crippen LogP contribution in [0.25, 0.3) is 0 Å². The Morgan fingerprint density at radius 1 is 1.15 bits per heavy atom. The lowest BCUT2D eigenvalue weighted by Crippen LogP contribution is -2.49. The molecule has 5 rings (SSSR count). The lowest BCUT2D eigenvalue weighted by atomic mass is 9.50. The average molecular weight is 292 g/mol. The van der Waals surface area contributed by atoms with Crippen molar-refractivity contribution in [1.82, 2.24) is 4.98 Å². The van der Waals surface area contributed by atoms with E-state index in [4.69, 9.17) is 11.6 Å². The molecule has 1 heterocycles. The van der Waals surface area contributed by atoms with Crippen LogP contribution in [0.3, 0.4) is 0 Å². The van der Waals surface area contributed by atoms with E-state index in [2.05, 4.69) is 4.98 Å². The Morgan fingerprint density at radius 3 is 2.40 bits per heavy atom. The molecule has 20 heavy (non-hydrogen) atoms. The number of hydrogen-bond donors (Lipinski definition) is 1. The SMILES string of the molecule is OC(Cc1ccncc1Cl)C1C2CC3CC(C2)CC1C3. The summed E-state index contributed by atoms with van der Waals surface area (Å²) in [7, 11) is 0. The van der Waals surface area contributed by atoms with Crippen molar-refractivity contribution in [2.45, 2.75) is 44.6 Å². The first kappa shape index (κ1) is 13.1. The van der Waals surface area contributed by atoms with Crippen LogP contribution in [0, 0.1) is 29.6 Å². The zero-order valence-corrected chi connectivity index (χ0v) is 12.5. The molecule has 1 atom stereocenters. The number of rotatable bonds is 3. The molecule has 3 heteroatoms. The summed E-state index contributed by atoms with van der Waals surface area (Å²) in [6.07, 6.45) is 10.8. The number of aliphatic hydroxyl groups excluding tert-OH is 1. The molecule has 4 fully saturated rings. The van der Waals surface area contributed by atoms with Gasteiger partial charge in [0.1, 0.15) is 0 Å². The number of halogens is 1. The van der Waals surface area contributed by atoms with Crippen LogP contribution in [0.4, 0.5) is 0 Å². The van der Waals surface area contributed by atoms with Crippen LogP contribution in [0.15, 0.2) is 18.5 Å². The number of aromatic nitrogens is 1. The third-order valence-electron chi connectivity index (χ3n) is 6.03. The Hall–Kier alpha value is -0.600. The second kappa shape index (κ2) is 4.99. The van der Waals surface area contributed by atoms with Gasteiger partial charge in [-0.25, -0.2) is 0 Å². The zero-order valence-electron chi connectivity index (χ0n) is 11.7. The molecule has 2 nitrogen and oxygen atoms in total. The lowest BCUT2D eigenvalue weighted by molar-refractivity contribution is -0.0887. The predicted octanol–water partition coefficient (Wildman–Crippen LogP) is 3.71. The minimum absolute atomic E-state index is 0.232. The van der Waals surface area contributed by atoms with Gasteiger partial charge in [0, 0.05) is 18.8 Å². The van der Waals surface area contributed by atoms with E-state index in [1.54, 1.807) is 12.4 Å². The lowest BCUT2D eigenvalue weighted by Gasteiger charge is -2.55. The van der Waals surface area contributed by atoms with Crippen molar-refractivity contribution >= 4 is 11.6 Å². The molecule has 1 N–H and O–H groups in total. The summed E-state index contributed by atoms with van der Waals surface area (Å²) in [5.74, 6) is 3.96. The Bertz CT molecular complexity index is 476. The first-order valence-electron chi connectivity index (χ1n) is 7.97. The van der Waals surface area contributed by atoms with Crippen molar-refractivity contribution in [1.29, 1.82) is 0 Å². The highest BCUT2D eigenvalue weighted by Crippen LogP contribution is 2.57. The molecule has 0 aromatic carbocycles. The summed E-state index contributed by atoms with van der Waals surface area (Å²) in [4.78, 5) is 4.02. The van der Waals surface area contributed by atoms with Crippen LogP contribution >= 0.6 is 11.6 Å². The van der Waals surface area contributed by atoms with Gasteiger partial charge in [0.25, 0.3) is 0 Å². The monoisotopic (exact) mass is 291 g/mol. The second-order valence-corrected chi connectivity index (χ2v) is 7.65. The predicted molar refractivity (Wildman–Crippen MR) is 79.5 cm³/mol. The van der Waals surface area contributed by atoms with Crippen molar-refractivity contribution in [3.8, 4) is 0 Å². The molecule has 0 spiro atoms. The highest BCUT2D eigenvalue weighted by Gasteiger charge is 2.50. The molecule has 4 saturated carbocycles. The minimum Gasteiger partial charge on any atom is -0.392 e. The topological polar surface area (TPSA) is 33.1 Å². The van der Waals surface area contributed by atoms with Gasteiger partial charge in [0.2, 0.25) is 0 Å². The molecule has 0 radical (unpaired) electrons. The Balaban J connectivity index is 1.51. The van der Waals surface area contributed by atoms with E-state index in [1.807, 2.05) is 6.07 Å². The van der Waals surface area contributed by atoms with Crippen molar-refractivity contribution in [2.75, 3.05) is 0 Å². The van der Waals surface area contributed by atoms with Gasteiger partial charge in [0.05, 0.1) is 11.1 Å². The number of aliphatic hydroxyl groups is 1. The fourth-order valence-corrected chi connectivity index (χ4v) is 5.72. The highest BCUT2D eigenvalue weighted by atomic mass is 35.5. The molecule has 1 aromatic rings. The van der Waals surface area contributed by atoms with Gasteiger partial charge in [-0.2, -0.15) is 0 Å². The van der Waals surface area contributed by atoms with Gasteiger partial charge in [-0.1, -0.05) is 11.6 Å². The van der Waals surface area contributed by atoms with Crippen molar-refractivity contribution in [3.63, 3.8) is 0 Å². The maximum Gasteiger partial charge on any atom is 0.0622 e. The molecule has 4 bridgehead atoms. The average Bonchev–Trinajstić information content (AvgIpc) is 2.40. The van der Waals surface area contributed by atoms with E-state index in [-0.39, 0.29) is 6.10 Å². The third kappa shape index (κ3) is 2.17. The molecule has 4 aliphatic carbocycles. The van der Waals surface area contributed by atoms with Crippen LogP contribution in [-0.2, 0) is 6.42 Å². The van der Waals surface area contributed by atoms with Gasteiger partial charge in [-0.3, -0.25) is 4.98 Å². The van der Waals surface area contributed by atoms with E-state index in [1.165, 1.54) is 32.1 Å². The molecule has 108 valence electrons. The van der Waals surface area contributed by atoms with E-state index < -0.39 is 0 Å². The van der Waals surface area contributed by atoms with Crippen molar-refractivity contribution in [2.24, 2.45) is 29.6 Å². The first-order valence-corrected chi connectivity index (χ1v) is 8.35. The summed E-state index contributed by atoms with van der Waals surface area (Å²) >= 11 is 6.18. The first-order chi connectivity index (χ1) is 9.70. The Kier molecular flexibility index (Phi) is 3.27. The highest BCUT2D eigenvalue weighted by molar-refractivity contribution is 6.31. The number of hydrogen-bond acceptors (Lipinski definition) is 2. The number of pyridine rings is 1. The van der Waals surface area contributed by atoms with Crippen LogP contribution in [0.1, 0.15) is 37.7 Å². The van der Waals surface area contributed by atoms with Gasteiger partial charge in [-0.05, 0) is 73.3 Å². The van der Waals surface area contributed by atoms with Gasteiger partial charge < -0.3 is 5.11 Å². The molecular weight excluding hydrogens is 270 g/mol. The standard InChI is InChI=1S/C17H22ClNO/c18-15-9-19-2-1-12(15)8-16(20)17-13-4-10-3-11(6-13)7-14(17)5-10/h1-2,9-11,13-14,16-17,20H,3-8H2. The normalized spacial score (nSPS) is 40.0. The summed E-state index contributed by atoms with van der Waals surface area (Å²) in [6.45, 7) is 0. The van der Waals surface area contributed by atoms with Crippen LogP contribution in [0.2, 0.25) is 5.02 Å². The molecule has 0 saturated heterocycles. The fraction of sp³-hybridized carbons (Fsp3) is 0.706. The number of nitrogens with zero attached hydrogens (tertiary/aromatic N) is 1. The molecule has 4 aliphatic rings. The van der Waals surface area contributed by atoms with E-state index in [0.29, 0.717) is 17.4 Å². The summed E-state index contributed by atoms with van der Waals surface area (Å²) in [5, 5.41) is 11.5. The quantitative estimate of drug-likeness (QED) is 0.921. The van der Waals surface area contributed by atoms with Crippen LogP contribution in [0.5, 0.6) is 0 Å². The maximum absolute atomic E-state index is 10.8. The van der Waals surface area contributed by atoms with Crippen LogP contribution in [-0.4, -0.2) is 16.2 Å². The fourth-order valence-electron chi connectivity index (χ4n) is 5.53. The van der Waals surface area contributed by atoms with Gasteiger partial charge >= 0.3 is 0 Å². The summed E-state index contributed by atoms with van der Waals surface area (Å²) in [6, 6.07) is 1.95. The Morgan fingerprint density at radius 2 is 1.80 bits per heavy atom. The zero-order chi connectivity index (χ0) is 13.7. The van der Waals surface area contributed by atoms with E-state index >= 15 is 0 Å². The second-order valence-electron chi connectivity index (χ2n) is 7.25. The molecule has 0 aliphatic heterocycles. The van der Waals surface area contributed by atoms with Gasteiger partial charge in [0.15, 0.2) is 0 Å². The largest absolute Gasteiger partial charge is 0.392 e. The Labute approximate surface area is 125 Å². The summed E-state index contributed by atoms with van der Waals surface area (Å²) < 4.78 is 0. The van der Waals surface area contributed by atoms with Crippen molar-refractivity contribution in [3.05, 3.63) is 29.0 Å². The molecular formula is C17H22ClNO. The van der Waals surface area contributed by atoms with E-state index in [0.717, 1.165) is 29.2 Å². The minimum atomic E-state index is -0.232. The maximum atomic E-state index is 10.8. The summed E-state index contributed by atoms with van der Waals surface area (Å²) in [5.41, 5.74) is 1.04. The molecule has 0 amide bonds. The van der Waals surface area contributed by atoms with Crippen molar-refractivity contribution < 1.29 is 5.11 Å². The smallest absolute Gasteiger partial charge is 0.0622 e. The van der Waals surface area contributed by atoms with E-state index in [9.17, 15) is 5.11 Å². The molecule has 1 unspecified atom stereocenters. The van der Waals surface area contributed by atoms with Crippen LogP contribution < -0.4 is 0 Å². The third-order valence-corrected chi connectivity index (χ3v) is 6.37.